The lowest BCUT2D eigenvalue weighted by atomic mass is 10.3. The fourth-order valence-corrected chi connectivity index (χ4v) is 0.870. The van der Waals surface area contributed by atoms with Gasteiger partial charge in [-0.05, 0) is 25.0 Å². The molecule has 0 fully saturated rings. The summed E-state index contributed by atoms with van der Waals surface area (Å²) in [5.41, 5.74) is 0. The number of hydrogen-bond acceptors (Lipinski definition) is 1. The Balaban J connectivity index is 2.03. The van der Waals surface area contributed by atoms with E-state index in [1.807, 2.05) is 30.7 Å². The second-order valence-electron chi connectivity index (χ2n) is 2.40. The molecule has 0 spiro atoms. The molecule has 0 N–H and O–H groups in total. The van der Waals surface area contributed by atoms with E-state index in [0.717, 1.165) is 25.2 Å². The van der Waals surface area contributed by atoms with Crippen LogP contribution in [0.2, 0.25) is 0 Å². The summed E-state index contributed by atoms with van der Waals surface area (Å²) in [6.45, 7) is 4.43. The quantitative estimate of drug-likeness (QED) is 0.431. The molecular formula is C10H13O. The van der Waals surface area contributed by atoms with Gasteiger partial charge in [0.2, 0.25) is 0 Å². The van der Waals surface area contributed by atoms with Crippen molar-refractivity contribution < 1.29 is 4.74 Å². The van der Waals surface area contributed by atoms with Crippen molar-refractivity contribution in [1.29, 1.82) is 0 Å². The normalized spacial score (nSPS) is 14.7. The molecule has 0 saturated heterocycles. The van der Waals surface area contributed by atoms with Gasteiger partial charge in [-0.2, -0.15) is 0 Å². The van der Waals surface area contributed by atoms with Gasteiger partial charge in [-0.3, -0.25) is 0 Å². The van der Waals surface area contributed by atoms with Crippen LogP contribution in [0, 0.1) is 6.42 Å². The summed E-state index contributed by atoms with van der Waals surface area (Å²) >= 11 is 0. The van der Waals surface area contributed by atoms with Crippen molar-refractivity contribution in [1.82, 2.24) is 0 Å². The molecule has 0 atom stereocenters. The predicted octanol–water partition coefficient (Wildman–Crippen LogP) is 2.63. The van der Waals surface area contributed by atoms with E-state index >= 15 is 0 Å². The maximum Gasteiger partial charge on any atom is 0.115 e. The third-order valence-electron chi connectivity index (χ3n) is 1.45. The van der Waals surface area contributed by atoms with Crippen LogP contribution >= 0.6 is 0 Å². The first kappa shape index (κ1) is 8.12. The van der Waals surface area contributed by atoms with Gasteiger partial charge in [-0.15, -0.1) is 6.58 Å². The van der Waals surface area contributed by atoms with Crippen LogP contribution in [0.4, 0.5) is 0 Å². The van der Waals surface area contributed by atoms with Gasteiger partial charge in [-0.1, -0.05) is 12.2 Å². The second-order valence-corrected chi connectivity index (χ2v) is 2.40. The molecule has 1 aliphatic rings. The molecule has 11 heavy (non-hydrogen) atoms. The van der Waals surface area contributed by atoms with E-state index in [0.29, 0.717) is 0 Å². The van der Waals surface area contributed by atoms with Gasteiger partial charge in [0.1, 0.15) is 5.76 Å². The van der Waals surface area contributed by atoms with Crippen LogP contribution in [0.1, 0.15) is 12.8 Å². The van der Waals surface area contributed by atoms with E-state index in [2.05, 4.69) is 6.58 Å². The molecule has 1 rings (SSSR count). The first-order valence-electron chi connectivity index (χ1n) is 3.89. The highest BCUT2D eigenvalue weighted by atomic mass is 16.5. The Morgan fingerprint density at radius 2 is 2.45 bits per heavy atom. The highest BCUT2D eigenvalue weighted by Gasteiger charge is 1.96. The summed E-state index contributed by atoms with van der Waals surface area (Å²) in [4.78, 5) is 0. The first-order valence-corrected chi connectivity index (χ1v) is 3.89. The molecule has 1 aliphatic carbocycles. The molecule has 0 saturated carbocycles. The zero-order chi connectivity index (χ0) is 7.94. The number of allylic oxidation sites excluding steroid dienone is 4. The Hall–Kier alpha value is -0.980. The predicted molar refractivity (Wildman–Crippen MR) is 46.9 cm³/mol. The minimum absolute atomic E-state index is 0.788. The highest BCUT2D eigenvalue weighted by molar-refractivity contribution is 5.29. The van der Waals surface area contributed by atoms with Gasteiger partial charge >= 0.3 is 0 Å². The van der Waals surface area contributed by atoms with Crippen LogP contribution in [0.5, 0.6) is 0 Å². The minimum atomic E-state index is 0.788. The van der Waals surface area contributed by atoms with Crippen molar-refractivity contribution in [3.05, 3.63) is 43.1 Å². The zero-order valence-electron chi connectivity index (χ0n) is 6.62. The SMILES string of the molecule is C=CCCCOC1=C[CH]C=C1. The van der Waals surface area contributed by atoms with E-state index < -0.39 is 0 Å². The monoisotopic (exact) mass is 149 g/mol. The topological polar surface area (TPSA) is 9.23 Å². The molecule has 0 heterocycles. The maximum atomic E-state index is 5.40. The first-order chi connectivity index (χ1) is 5.43. The Morgan fingerprint density at radius 1 is 1.55 bits per heavy atom. The Kier molecular flexibility index (Phi) is 3.53. The highest BCUT2D eigenvalue weighted by Crippen LogP contribution is 2.09. The third kappa shape index (κ3) is 3.08. The van der Waals surface area contributed by atoms with Crippen LogP contribution in [0.15, 0.2) is 36.6 Å². The zero-order valence-corrected chi connectivity index (χ0v) is 6.62. The maximum absolute atomic E-state index is 5.40. The van der Waals surface area contributed by atoms with Crippen LogP contribution in [0.25, 0.3) is 0 Å². The van der Waals surface area contributed by atoms with E-state index in [1.165, 1.54) is 0 Å². The number of hydrogen-bond donors (Lipinski definition) is 0. The van der Waals surface area contributed by atoms with Gasteiger partial charge in [-0.25, -0.2) is 0 Å². The van der Waals surface area contributed by atoms with Crippen molar-refractivity contribution in [2.75, 3.05) is 6.61 Å². The van der Waals surface area contributed by atoms with Crippen LogP contribution in [-0.2, 0) is 4.74 Å². The molecule has 0 aromatic rings. The van der Waals surface area contributed by atoms with Crippen LogP contribution < -0.4 is 0 Å². The second kappa shape index (κ2) is 4.78. The molecular weight excluding hydrogens is 136 g/mol. The van der Waals surface area contributed by atoms with Crippen molar-refractivity contribution in [3.8, 4) is 0 Å². The number of ether oxygens (including phenoxy) is 1. The molecule has 1 radical (unpaired) electrons. The van der Waals surface area contributed by atoms with Crippen LogP contribution in [-0.4, -0.2) is 6.61 Å². The van der Waals surface area contributed by atoms with Gasteiger partial charge in [0.15, 0.2) is 0 Å². The average Bonchev–Trinajstić information content (AvgIpc) is 2.50. The van der Waals surface area contributed by atoms with Crippen LogP contribution in [0.3, 0.4) is 0 Å². The summed E-state index contributed by atoms with van der Waals surface area (Å²) in [6.07, 6.45) is 11.9. The Morgan fingerprint density at radius 3 is 3.09 bits per heavy atom. The molecule has 0 aromatic carbocycles. The number of unbranched alkanes of at least 4 members (excludes halogenated alkanes) is 1. The fourth-order valence-electron chi connectivity index (χ4n) is 0.870. The Bertz CT molecular complexity index is 177. The molecule has 0 bridgehead atoms. The van der Waals surface area contributed by atoms with Gasteiger partial charge in [0.05, 0.1) is 6.61 Å². The summed E-state index contributed by atoms with van der Waals surface area (Å²) in [5.74, 6) is 0.967. The lowest BCUT2D eigenvalue weighted by Crippen LogP contribution is -1.90. The molecule has 1 heteroatoms. The average molecular weight is 149 g/mol. The summed E-state index contributed by atoms with van der Waals surface area (Å²) in [7, 11) is 0. The summed E-state index contributed by atoms with van der Waals surface area (Å²) in [5, 5.41) is 0. The van der Waals surface area contributed by atoms with E-state index in [4.69, 9.17) is 4.74 Å². The lowest BCUT2D eigenvalue weighted by molar-refractivity contribution is 0.222. The molecule has 59 valence electrons. The van der Waals surface area contributed by atoms with Crippen molar-refractivity contribution in [2.45, 2.75) is 12.8 Å². The van der Waals surface area contributed by atoms with E-state index in [1.54, 1.807) is 0 Å². The molecule has 1 nitrogen and oxygen atoms in total. The Labute approximate surface area is 68.1 Å². The third-order valence-corrected chi connectivity index (χ3v) is 1.45. The van der Waals surface area contributed by atoms with Crippen molar-refractivity contribution in [3.63, 3.8) is 0 Å². The molecule has 0 aromatic heterocycles. The van der Waals surface area contributed by atoms with Crippen molar-refractivity contribution in [2.24, 2.45) is 0 Å². The summed E-state index contributed by atoms with van der Waals surface area (Å²) < 4.78 is 5.40. The molecule has 0 unspecified atom stereocenters. The van der Waals surface area contributed by atoms with Gasteiger partial charge < -0.3 is 4.74 Å². The lowest BCUT2D eigenvalue weighted by Gasteiger charge is -2.02. The standard InChI is InChI=1S/C10H13O/c1-2-3-6-9-11-10-7-4-5-8-10/h2,4-5,7-8H,1,3,6,9H2. The smallest absolute Gasteiger partial charge is 0.115 e. The molecule has 0 aliphatic heterocycles. The van der Waals surface area contributed by atoms with E-state index in [9.17, 15) is 0 Å². The van der Waals surface area contributed by atoms with E-state index in [-0.39, 0.29) is 0 Å². The molecule has 0 amide bonds. The summed E-state index contributed by atoms with van der Waals surface area (Å²) in [6, 6.07) is 0. The van der Waals surface area contributed by atoms with Gasteiger partial charge in [0.25, 0.3) is 0 Å². The minimum Gasteiger partial charge on any atom is -0.494 e. The van der Waals surface area contributed by atoms with Crippen molar-refractivity contribution >= 4 is 0 Å². The number of rotatable bonds is 5. The largest absolute Gasteiger partial charge is 0.494 e. The van der Waals surface area contributed by atoms with Gasteiger partial charge in [0, 0.05) is 6.42 Å². The fraction of sp³-hybridized carbons (Fsp3) is 0.300.